The van der Waals surface area contributed by atoms with Crippen molar-refractivity contribution in [3.05, 3.63) is 0 Å². The molecule has 6 saturated heterocycles. The largest absolute Gasteiger partial charge is 0.509 e. The van der Waals surface area contributed by atoms with Gasteiger partial charge in [0.25, 0.3) is 0 Å². The van der Waals surface area contributed by atoms with Crippen molar-refractivity contribution in [2.75, 3.05) is 59.5 Å². The molecule has 27 nitrogen and oxygen atoms in total. The van der Waals surface area contributed by atoms with Crippen LogP contribution in [0.1, 0.15) is 280 Å². The molecule has 0 N–H and O–H groups in total. The first-order valence-electron chi connectivity index (χ1n) is 49.2. The maximum absolute atomic E-state index is 14.2. The Morgan fingerprint density at radius 2 is 0.550 bits per heavy atom. The molecular weight excluding hydrogens is 1700 g/mol. The first-order chi connectivity index (χ1) is 60.9. The minimum absolute atomic E-state index is 0.0796. The fraction of sp³-hybridized carbons (Fsp3) is 0.938. The summed E-state index contributed by atoms with van der Waals surface area (Å²) in [6, 6.07) is 0. The van der Waals surface area contributed by atoms with E-state index in [9.17, 15) is 55.1 Å². The quantitative estimate of drug-likeness (QED) is 0.0586. The Kier molecular flexibility index (Phi) is 22.9. The van der Waals surface area contributed by atoms with Crippen molar-refractivity contribution in [2.24, 2.45) is 99.1 Å². The van der Waals surface area contributed by atoms with E-state index in [0.717, 1.165) is 184 Å². The maximum Gasteiger partial charge on any atom is 0.509 e. The summed E-state index contributed by atoms with van der Waals surface area (Å²) in [6.07, 6.45) is 24.6. The van der Waals surface area contributed by atoms with E-state index in [0.29, 0.717) is 129 Å². The highest BCUT2D eigenvalue weighted by Crippen LogP contribution is 2.69. The van der Waals surface area contributed by atoms with Crippen LogP contribution in [0.2, 0.25) is 0 Å². The standard InChI is InChI=1S/C40H54F2O9.C30H42F2O9.C26H38F2O9/c1-36(41,42)34(43)45-20-37-13-25-4-26(14-37)16-38(15-25,19-37)51-35(44)48-33(31-17-46-39(49-31)27-5-21-2-22(7-27)8-28(39)6-21)32-18-47-40(50-32)29-9-23-3-24(11-29)12-30(40)10-23;1-26(31,32)24(33)35-18-27-11-19-10-20(12-27)14-28(13-19,17-27)41-25(34)38-23(21-15-36-29(39-21)6-2-3-7-29)22-16-37-30(40-22)8-4-5-9-30;1-22(2)32-11-17(35-22)19(18-12-33-23(3,4)36-18)34-21(30)37-26-9-15-6-16(10-26)8-25(7-15,13-26)14-31-20(29)24(5,27)28/h21-33H,2-20H2,1H3;19-23H,2-18H2,1H3;15-19H,6-14H2,1-5H3. The van der Waals surface area contributed by atoms with Gasteiger partial charge in [-0.3, -0.25) is 0 Å². The molecule has 6 aliphatic heterocycles. The first kappa shape index (κ1) is 90.8. The van der Waals surface area contributed by atoms with Gasteiger partial charge in [0.2, 0.25) is 0 Å². The lowest BCUT2D eigenvalue weighted by molar-refractivity contribution is -0.309. The number of hydrogen-bond donors (Lipinski definition) is 0. The average Bonchev–Trinajstić information content (AvgIpc) is 1.68. The Bertz CT molecular complexity index is 4000. The molecule has 22 saturated carbocycles. The van der Waals surface area contributed by atoms with Crippen molar-refractivity contribution in [2.45, 2.75) is 404 Å². The second kappa shape index (κ2) is 32.5. The second-order valence-corrected chi connectivity index (χ2v) is 47.0. The second-order valence-electron chi connectivity index (χ2n) is 47.0. The highest BCUT2D eigenvalue weighted by atomic mass is 19.3. The minimum Gasteiger partial charge on any atom is -0.461 e. The van der Waals surface area contributed by atoms with Gasteiger partial charge >= 0.3 is 54.1 Å². The van der Waals surface area contributed by atoms with E-state index in [2.05, 4.69) is 0 Å². The molecule has 129 heavy (non-hydrogen) atoms. The molecule has 6 heterocycles. The summed E-state index contributed by atoms with van der Waals surface area (Å²) < 4.78 is 210. The van der Waals surface area contributed by atoms with Gasteiger partial charge in [-0.2, -0.15) is 26.3 Å². The van der Waals surface area contributed by atoms with Crippen LogP contribution < -0.4 is 0 Å². The summed E-state index contributed by atoms with van der Waals surface area (Å²) in [6.45, 7) is 10.3. The van der Waals surface area contributed by atoms with Gasteiger partial charge in [-0.15, -0.1) is 0 Å². The fourth-order valence-corrected chi connectivity index (χ4v) is 32.6. The molecule has 28 fully saturated rings. The van der Waals surface area contributed by atoms with Crippen molar-refractivity contribution in [1.29, 1.82) is 0 Å². The van der Waals surface area contributed by atoms with Crippen LogP contribution >= 0.6 is 0 Å². The molecule has 0 aromatic carbocycles. The van der Waals surface area contributed by atoms with Gasteiger partial charge < -0.3 is 99.5 Å². The summed E-state index contributed by atoms with van der Waals surface area (Å²) in [4.78, 5) is 76.6. The van der Waals surface area contributed by atoms with E-state index in [4.69, 9.17) is 99.5 Å². The van der Waals surface area contributed by atoms with E-state index < -0.39 is 177 Å². The number of carbonyl (C=O) groups is 6. The van der Waals surface area contributed by atoms with Crippen LogP contribution in [0.5, 0.6) is 0 Å². The fourth-order valence-electron chi connectivity index (χ4n) is 32.6. The van der Waals surface area contributed by atoms with Crippen molar-refractivity contribution >= 4 is 36.4 Å². The minimum atomic E-state index is -3.55. The summed E-state index contributed by atoms with van der Waals surface area (Å²) >= 11 is 0. The Balaban J connectivity index is 0.000000119. The maximum atomic E-state index is 14.2. The third-order valence-corrected chi connectivity index (χ3v) is 35.5. The topological polar surface area (TPSA) is 296 Å². The molecule has 12 unspecified atom stereocenters. The molecule has 28 rings (SSSR count). The van der Waals surface area contributed by atoms with Crippen LogP contribution in [0, 0.1) is 99.1 Å². The molecule has 0 amide bonds. The van der Waals surface area contributed by atoms with Crippen LogP contribution in [0.15, 0.2) is 0 Å². The van der Waals surface area contributed by atoms with Gasteiger partial charge in [0, 0.05) is 86.4 Å². The molecule has 0 aromatic heterocycles. The first-order valence-corrected chi connectivity index (χ1v) is 49.2. The van der Waals surface area contributed by atoms with Crippen molar-refractivity contribution < 1.29 is 155 Å². The summed E-state index contributed by atoms with van der Waals surface area (Å²) in [5.74, 6) is -13.1. The van der Waals surface area contributed by atoms with Gasteiger partial charge in [0.05, 0.1) is 59.5 Å². The van der Waals surface area contributed by atoms with Crippen molar-refractivity contribution in [1.82, 2.24) is 0 Å². The van der Waals surface area contributed by atoms with Crippen molar-refractivity contribution in [3.63, 3.8) is 0 Å². The summed E-state index contributed by atoms with van der Waals surface area (Å²) in [5.41, 5.74) is -3.77. The number of carbonyl (C=O) groups excluding carboxylic acids is 6. The number of alkyl halides is 6. The van der Waals surface area contributed by atoms with Crippen LogP contribution in [0.25, 0.3) is 0 Å². The number of hydrogen-bond acceptors (Lipinski definition) is 27. The SMILES string of the molecule is CC(F)(F)C(=O)OCC12CC3CC(C1)CC(OC(=O)OC(C1COC4(CCCC4)O1)C1COC4(CCCC4)O1)(C3)C2.CC(F)(F)C(=O)OCC12CC3CC(C1)CC(OC(=O)OC(C1COC4(O1)C1CC5CC(C1)CC4C5)C1COC4(O1)C1CC5CC(C1)CC4C5)(C3)C2.CC1(C)OCC(C(OC(=O)OC23CC4CC(CC(COC(=O)C(C)(F)F)(C4)C2)C3)C2COC(C)(C)O2)O1. The molecule has 4 spiro atoms. The predicted octanol–water partition coefficient (Wildman–Crippen LogP) is 16.9. The van der Waals surface area contributed by atoms with E-state index in [1.54, 1.807) is 27.7 Å². The Morgan fingerprint density at radius 1 is 0.310 bits per heavy atom. The number of halogens is 6. The van der Waals surface area contributed by atoms with Gasteiger partial charge in [0.15, 0.2) is 53.0 Å². The predicted molar refractivity (Wildman–Crippen MR) is 433 cm³/mol. The smallest absolute Gasteiger partial charge is 0.461 e. The zero-order chi connectivity index (χ0) is 89.9. The van der Waals surface area contributed by atoms with Gasteiger partial charge in [-0.25, -0.2) is 28.8 Å². The van der Waals surface area contributed by atoms with Gasteiger partial charge in [0.1, 0.15) is 53.4 Å². The third-order valence-electron chi connectivity index (χ3n) is 35.5. The van der Waals surface area contributed by atoms with Crippen LogP contribution in [0.4, 0.5) is 40.7 Å². The molecule has 722 valence electrons. The average molecular weight is 1830 g/mol. The molecule has 22 aliphatic carbocycles. The molecule has 28 aliphatic rings. The van der Waals surface area contributed by atoms with E-state index in [1.807, 2.05) is 0 Å². The van der Waals surface area contributed by atoms with Gasteiger partial charge in [-0.1, -0.05) is 0 Å². The lowest BCUT2D eigenvalue weighted by atomic mass is 9.48. The van der Waals surface area contributed by atoms with Crippen molar-refractivity contribution in [3.8, 4) is 0 Å². The number of ether oxygens (including phenoxy) is 21. The molecule has 33 heteroatoms. The number of esters is 3. The zero-order valence-corrected chi connectivity index (χ0v) is 75.9. The molecule has 0 radical (unpaired) electrons. The molecule has 0 aromatic rings. The molecular formula is C96H134F6O27. The highest BCUT2D eigenvalue weighted by Gasteiger charge is 2.70. The Hall–Kier alpha value is -4.68. The van der Waals surface area contributed by atoms with Crippen LogP contribution in [0.3, 0.4) is 0 Å². The lowest BCUT2D eigenvalue weighted by Gasteiger charge is -2.60. The van der Waals surface area contributed by atoms with E-state index >= 15 is 0 Å². The number of rotatable bonds is 21. The lowest BCUT2D eigenvalue weighted by Crippen LogP contribution is -2.60. The Morgan fingerprint density at radius 3 is 0.806 bits per heavy atom. The van der Waals surface area contributed by atoms with Gasteiger partial charge in [-0.05, 0) is 292 Å². The van der Waals surface area contributed by atoms with Crippen LogP contribution in [-0.2, 0) is 114 Å². The normalized spacial score (nSPS) is 46.1. The van der Waals surface area contributed by atoms with Crippen LogP contribution in [-0.4, -0.2) is 220 Å². The summed E-state index contributed by atoms with van der Waals surface area (Å²) in [7, 11) is 0. The van der Waals surface area contributed by atoms with E-state index in [-0.39, 0.29) is 68.5 Å². The molecule has 20 bridgehead atoms. The van der Waals surface area contributed by atoms with E-state index in [1.165, 1.54) is 12.8 Å². The monoisotopic (exact) mass is 1830 g/mol. The third kappa shape index (κ3) is 17.7. The summed E-state index contributed by atoms with van der Waals surface area (Å²) in [5, 5.41) is 0. The highest BCUT2D eigenvalue weighted by molar-refractivity contribution is 5.78. The molecule has 12 atom stereocenters. The Labute approximate surface area is 750 Å². The zero-order valence-electron chi connectivity index (χ0n) is 75.9.